The summed E-state index contributed by atoms with van der Waals surface area (Å²) >= 11 is 0. The van der Waals surface area contributed by atoms with Gasteiger partial charge < -0.3 is 10.1 Å². The Morgan fingerprint density at radius 2 is 1.88 bits per heavy atom. The first-order chi connectivity index (χ1) is 7.59. The number of nitrogens with one attached hydrogen (secondary N) is 1. The Morgan fingerprint density at radius 1 is 1.25 bits per heavy atom. The first-order valence-corrected chi connectivity index (χ1v) is 5.57. The molecule has 0 bridgehead atoms. The van der Waals surface area contributed by atoms with Crippen molar-refractivity contribution in [1.82, 2.24) is 5.32 Å². The van der Waals surface area contributed by atoms with Crippen molar-refractivity contribution >= 4 is 6.09 Å². The van der Waals surface area contributed by atoms with Crippen LogP contribution >= 0.6 is 0 Å². The number of alkyl carbamates (subject to hydrolysis) is 1. The Labute approximate surface area is 96.8 Å². The molecule has 0 fully saturated rings. The minimum atomic E-state index is -0.356. The third-order valence-corrected chi connectivity index (χ3v) is 2.56. The molecule has 1 rings (SSSR count). The zero-order chi connectivity index (χ0) is 12.0. The Hall–Kier alpha value is -1.51. The van der Waals surface area contributed by atoms with Crippen LogP contribution in [0.25, 0.3) is 0 Å². The van der Waals surface area contributed by atoms with E-state index in [-0.39, 0.29) is 12.1 Å². The largest absolute Gasteiger partial charge is 0.445 e. The van der Waals surface area contributed by atoms with Crippen molar-refractivity contribution in [3.8, 4) is 0 Å². The molecular weight excluding hydrogens is 202 g/mol. The maximum absolute atomic E-state index is 11.4. The SMILES string of the molecule is CC(C)C(C)NC(=O)OCc1ccccc1. The van der Waals surface area contributed by atoms with Gasteiger partial charge in [0, 0.05) is 6.04 Å². The summed E-state index contributed by atoms with van der Waals surface area (Å²) in [4.78, 5) is 11.4. The quantitative estimate of drug-likeness (QED) is 0.848. The second kappa shape index (κ2) is 6.16. The van der Waals surface area contributed by atoms with Crippen molar-refractivity contribution in [2.75, 3.05) is 0 Å². The maximum atomic E-state index is 11.4. The molecule has 1 aromatic carbocycles. The first kappa shape index (κ1) is 12.6. The summed E-state index contributed by atoms with van der Waals surface area (Å²) in [5.41, 5.74) is 0.995. The molecule has 1 N–H and O–H groups in total. The Kier molecular flexibility index (Phi) is 4.83. The summed E-state index contributed by atoms with van der Waals surface area (Å²) in [5.74, 6) is 0.407. The van der Waals surface area contributed by atoms with Gasteiger partial charge in [0.1, 0.15) is 6.61 Å². The summed E-state index contributed by atoms with van der Waals surface area (Å²) in [6, 6.07) is 9.77. The molecule has 0 aromatic heterocycles. The molecule has 1 aromatic rings. The molecule has 88 valence electrons. The topological polar surface area (TPSA) is 38.3 Å². The number of amides is 1. The lowest BCUT2D eigenvalue weighted by atomic mass is 10.1. The van der Waals surface area contributed by atoms with Crippen molar-refractivity contribution in [3.63, 3.8) is 0 Å². The van der Waals surface area contributed by atoms with E-state index < -0.39 is 0 Å². The average molecular weight is 221 g/mol. The van der Waals surface area contributed by atoms with Crippen LogP contribution in [0.5, 0.6) is 0 Å². The molecule has 0 radical (unpaired) electrons. The van der Waals surface area contributed by atoms with Crippen LogP contribution in [0.4, 0.5) is 4.79 Å². The van der Waals surface area contributed by atoms with Gasteiger partial charge in [-0.05, 0) is 18.4 Å². The number of hydrogen-bond donors (Lipinski definition) is 1. The monoisotopic (exact) mass is 221 g/mol. The third-order valence-electron chi connectivity index (χ3n) is 2.56. The molecular formula is C13H19NO2. The number of carbonyl (C=O) groups is 1. The summed E-state index contributed by atoms with van der Waals surface area (Å²) in [6.07, 6.45) is -0.356. The Bertz CT molecular complexity index is 322. The average Bonchev–Trinajstić information content (AvgIpc) is 2.27. The highest BCUT2D eigenvalue weighted by atomic mass is 16.5. The lowest BCUT2D eigenvalue weighted by Crippen LogP contribution is -2.36. The molecule has 3 heteroatoms. The lowest BCUT2D eigenvalue weighted by molar-refractivity contribution is 0.134. The fraction of sp³-hybridized carbons (Fsp3) is 0.462. The van der Waals surface area contributed by atoms with Crippen molar-refractivity contribution in [2.24, 2.45) is 5.92 Å². The van der Waals surface area contributed by atoms with Crippen LogP contribution in [0, 0.1) is 5.92 Å². The maximum Gasteiger partial charge on any atom is 0.407 e. The van der Waals surface area contributed by atoms with Crippen molar-refractivity contribution in [3.05, 3.63) is 35.9 Å². The van der Waals surface area contributed by atoms with E-state index in [2.05, 4.69) is 19.2 Å². The van der Waals surface area contributed by atoms with E-state index in [4.69, 9.17) is 4.74 Å². The molecule has 0 spiro atoms. The summed E-state index contributed by atoms with van der Waals surface area (Å²) in [5, 5.41) is 2.79. The fourth-order valence-corrected chi connectivity index (χ4v) is 1.12. The van der Waals surface area contributed by atoms with Crippen LogP contribution in [-0.4, -0.2) is 12.1 Å². The zero-order valence-electron chi connectivity index (χ0n) is 10.1. The van der Waals surface area contributed by atoms with E-state index in [1.54, 1.807) is 0 Å². The highest BCUT2D eigenvalue weighted by Gasteiger charge is 2.11. The highest BCUT2D eigenvalue weighted by Crippen LogP contribution is 2.03. The van der Waals surface area contributed by atoms with Crippen molar-refractivity contribution in [1.29, 1.82) is 0 Å². The summed E-state index contributed by atoms with van der Waals surface area (Å²) in [7, 11) is 0. The van der Waals surface area contributed by atoms with Gasteiger partial charge in [-0.1, -0.05) is 44.2 Å². The van der Waals surface area contributed by atoms with Crippen molar-refractivity contribution < 1.29 is 9.53 Å². The number of rotatable bonds is 4. The molecule has 0 heterocycles. The van der Waals surface area contributed by atoms with Gasteiger partial charge in [0.2, 0.25) is 0 Å². The van der Waals surface area contributed by atoms with Gasteiger partial charge >= 0.3 is 6.09 Å². The zero-order valence-corrected chi connectivity index (χ0v) is 10.1. The standard InChI is InChI=1S/C13H19NO2/c1-10(2)11(3)14-13(15)16-9-12-7-5-4-6-8-12/h4-8,10-11H,9H2,1-3H3,(H,14,15). The normalized spacial score (nSPS) is 12.2. The molecule has 0 saturated heterocycles. The van der Waals surface area contributed by atoms with Crippen LogP contribution < -0.4 is 5.32 Å². The highest BCUT2D eigenvalue weighted by molar-refractivity contribution is 5.67. The van der Waals surface area contributed by atoms with Crippen LogP contribution in [0.3, 0.4) is 0 Å². The van der Waals surface area contributed by atoms with Gasteiger partial charge in [-0.3, -0.25) is 0 Å². The van der Waals surface area contributed by atoms with E-state index >= 15 is 0 Å². The van der Waals surface area contributed by atoms with Gasteiger partial charge in [-0.2, -0.15) is 0 Å². The smallest absolute Gasteiger partial charge is 0.407 e. The number of carbonyl (C=O) groups excluding carboxylic acids is 1. The minimum absolute atomic E-state index is 0.128. The molecule has 0 aliphatic rings. The molecule has 16 heavy (non-hydrogen) atoms. The Balaban J connectivity index is 2.31. The van der Waals surface area contributed by atoms with Gasteiger partial charge in [-0.15, -0.1) is 0 Å². The molecule has 0 aliphatic heterocycles. The van der Waals surface area contributed by atoms with E-state index in [9.17, 15) is 4.79 Å². The molecule has 0 saturated carbocycles. The molecule has 0 aliphatic carbocycles. The van der Waals surface area contributed by atoms with Crippen LogP contribution in [0.1, 0.15) is 26.3 Å². The van der Waals surface area contributed by atoms with E-state index in [1.165, 1.54) is 0 Å². The van der Waals surface area contributed by atoms with E-state index in [1.807, 2.05) is 37.3 Å². The molecule has 3 nitrogen and oxygen atoms in total. The molecule has 1 unspecified atom stereocenters. The third kappa shape index (κ3) is 4.34. The number of ether oxygens (including phenoxy) is 1. The molecule has 1 amide bonds. The van der Waals surface area contributed by atoms with Crippen LogP contribution in [-0.2, 0) is 11.3 Å². The first-order valence-electron chi connectivity index (χ1n) is 5.57. The van der Waals surface area contributed by atoms with Gasteiger partial charge in [0.15, 0.2) is 0 Å². The molecule has 1 atom stereocenters. The lowest BCUT2D eigenvalue weighted by Gasteiger charge is -2.17. The number of benzene rings is 1. The van der Waals surface area contributed by atoms with Crippen LogP contribution in [0.2, 0.25) is 0 Å². The van der Waals surface area contributed by atoms with Crippen LogP contribution in [0.15, 0.2) is 30.3 Å². The predicted molar refractivity (Wildman–Crippen MR) is 64.1 cm³/mol. The second-order valence-electron chi connectivity index (χ2n) is 4.24. The predicted octanol–water partition coefficient (Wildman–Crippen LogP) is 2.96. The minimum Gasteiger partial charge on any atom is -0.445 e. The summed E-state index contributed by atoms with van der Waals surface area (Å²) < 4.78 is 5.10. The fourth-order valence-electron chi connectivity index (χ4n) is 1.12. The summed E-state index contributed by atoms with van der Waals surface area (Å²) in [6.45, 7) is 6.40. The number of hydrogen-bond acceptors (Lipinski definition) is 2. The Morgan fingerprint density at radius 3 is 2.44 bits per heavy atom. The van der Waals surface area contributed by atoms with Crippen molar-refractivity contribution in [2.45, 2.75) is 33.4 Å². The van der Waals surface area contributed by atoms with Gasteiger partial charge in [-0.25, -0.2) is 4.79 Å². The van der Waals surface area contributed by atoms with Gasteiger partial charge in [0.25, 0.3) is 0 Å². The second-order valence-corrected chi connectivity index (χ2v) is 4.24. The van der Waals surface area contributed by atoms with Gasteiger partial charge in [0.05, 0.1) is 0 Å². The van der Waals surface area contributed by atoms with E-state index in [0.717, 1.165) is 5.56 Å². The van der Waals surface area contributed by atoms with E-state index in [0.29, 0.717) is 12.5 Å².